The number of nitrogens with one attached hydrogen (secondary N) is 1. The second kappa shape index (κ2) is 5.83. The highest BCUT2D eigenvalue weighted by Crippen LogP contribution is 2.20. The van der Waals surface area contributed by atoms with Gasteiger partial charge in [0.1, 0.15) is 11.9 Å². The van der Waals surface area contributed by atoms with Gasteiger partial charge in [-0.25, -0.2) is 4.98 Å². The van der Waals surface area contributed by atoms with Gasteiger partial charge >= 0.3 is 0 Å². The molecule has 0 saturated carbocycles. The summed E-state index contributed by atoms with van der Waals surface area (Å²) in [5.41, 5.74) is 1.75. The van der Waals surface area contributed by atoms with Crippen molar-refractivity contribution in [2.45, 2.75) is 18.9 Å². The van der Waals surface area contributed by atoms with Gasteiger partial charge in [-0.2, -0.15) is 10.4 Å². The maximum absolute atomic E-state index is 8.79. The monoisotopic (exact) mass is 282 g/mol. The number of nitrogens with zero attached hydrogens (tertiary/aromatic N) is 5. The molecule has 21 heavy (non-hydrogen) atoms. The van der Waals surface area contributed by atoms with E-state index in [1.165, 1.54) is 0 Å². The summed E-state index contributed by atoms with van der Waals surface area (Å²) in [6.45, 7) is 2.00. The van der Waals surface area contributed by atoms with E-state index in [0.29, 0.717) is 11.6 Å². The van der Waals surface area contributed by atoms with Gasteiger partial charge in [-0.1, -0.05) is 0 Å². The van der Waals surface area contributed by atoms with Crippen LogP contribution in [0.2, 0.25) is 0 Å². The van der Waals surface area contributed by atoms with Crippen LogP contribution < -0.4 is 10.2 Å². The third-order valence-electron chi connectivity index (χ3n) is 3.72. The van der Waals surface area contributed by atoms with Crippen molar-refractivity contribution in [1.29, 1.82) is 5.26 Å². The average Bonchev–Trinajstić information content (AvgIpc) is 2.95. The molecule has 108 valence electrons. The average molecular weight is 282 g/mol. The lowest BCUT2D eigenvalue weighted by atomic mass is 10.1. The number of piperidine rings is 1. The Balaban J connectivity index is 1.64. The van der Waals surface area contributed by atoms with Crippen LogP contribution in [0.25, 0.3) is 0 Å². The molecule has 1 aliphatic rings. The Morgan fingerprint density at radius 3 is 2.95 bits per heavy atom. The maximum Gasteiger partial charge on any atom is 0.126 e. The number of pyridine rings is 1. The SMILES string of the molecule is Cn1cc(N2CCC[C@H](Nc3ccc(C#N)cn3)C2)cn1. The number of nitriles is 1. The first-order chi connectivity index (χ1) is 10.2. The van der Waals surface area contributed by atoms with Crippen molar-refractivity contribution in [3.05, 3.63) is 36.3 Å². The highest BCUT2D eigenvalue weighted by Gasteiger charge is 2.21. The van der Waals surface area contributed by atoms with E-state index in [1.807, 2.05) is 30.2 Å². The fraction of sp³-hybridized carbons (Fsp3) is 0.400. The molecule has 0 bridgehead atoms. The molecular formula is C15H18N6. The maximum atomic E-state index is 8.79. The van der Waals surface area contributed by atoms with Gasteiger partial charge in [0, 0.05) is 38.6 Å². The van der Waals surface area contributed by atoms with Crippen molar-refractivity contribution in [1.82, 2.24) is 14.8 Å². The minimum atomic E-state index is 0.361. The van der Waals surface area contributed by atoms with Gasteiger partial charge in [0.25, 0.3) is 0 Å². The number of hydrogen-bond acceptors (Lipinski definition) is 5. The zero-order valence-electron chi connectivity index (χ0n) is 12.0. The van der Waals surface area contributed by atoms with Crippen LogP contribution in [0.15, 0.2) is 30.7 Å². The summed E-state index contributed by atoms with van der Waals surface area (Å²) in [6, 6.07) is 6.09. The van der Waals surface area contributed by atoms with Crippen molar-refractivity contribution in [2.24, 2.45) is 7.05 Å². The highest BCUT2D eigenvalue weighted by molar-refractivity contribution is 5.45. The van der Waals surface area contributed by atoms with E-state index in [1.54, 1.807) is 12.3 Å². The second-order valence-electron chi connectivity index (χ2n) is 5.35. The molecule has 0 unspecified atom stereocenters. The fourth-order valence-electron chi connectivity index (χ4n) is 2.66. The topological polar surface area (TPSA) is 69.8 Å². The molecule has 3 rings (SSSR count). The molecule has 1 saturated heterocycles. The molecule has 1 atom stereocenters. The van der Waals surface area contributed by atoms with Crippen LogP contribution in [-0.2, 0) is 7.05 Å². The van der Waals surface area contributed by atoms with Crippen molar-refractivity contribution < 1.29 is 0 Å². The van der Waals surface area contributed by atoms with Crippen molar-refractivity contribution in [3.8, 4) is 6.07 Å². The van der Waals surface area contributed by atoms with Crippen LogP contribution in [0.3, 0.4) is 0 Å². The summed E-state index contributed by atoms with van der Waals surface area (Å²) in [7, 11) is 1.93. The predicted octanol–water partition coefficient (Wildman–Crippen LogP) is 1.77. The third-order valence-corrected chi connectivity index (χ3v) is 3.72. The zero-order chi connectivity index (χ0) is 14.7. The van der Waals surface area contributed by atoms with Crippen LogP contribution in [0.4, 0.5) is 11.5 Å². The van der Waals surface area contributed by atoms with Crippen molar-refractivity contribution in [2.75, 3.05) is 23.3 Å². The summed E-state index contributed by atoms with van der Waals surface area (Å²) >= 11 is 0. The molecule has 1 N–H and O–H groups in total. The van der Waals surface area contributed by atoms with E-state index in [-0.39, 0.29) is 0 Å². The standard InChI is InChI=1S/C15H18N6/c1-20-11-14(9-18-20)21-6-2-3-13(10-21)19-15-5-4-12(7-16)8-17-15/h4-5,8-9,11,13H,2-3,6,10H2,1H3,(H,17,19)/t13-/m0/s1. The normalized spacial score (nSPS) is 18.3. The summed E-state index contributed by atoms with van der Waals surface area (Å²) in [5.74, 6) is 0.826. The molecule has 1 aliphatic heterocycles. The molecule has 2 aromatic rings. The largest absolute Gasteiger partial charge is 0.367 e. The lowest BCUT2D eigenvalue weighted by molar-refractivity contribution is 0.529. The summed E-state index contributed by atoms with van der Waals surface area (Å²) in [4.78, 5) is 6.62. The van der Waals surface area contributed by atoms with Gasteiger partial charge in [-0.05, 0) is 25.0 Å². The van der Waals surface area contributed by atoms with E-state index in [9.17, 15) is 0 Å². The smallest absolute Gasteiger partial charge is 0.126 e. The molecular weight excluding hydrogens is 264 g/mol. The number of rotatable bonds is 3. The predicted molar refractivity (Wildman–Crippen MR) is 81.0 cm³/mol. The Bertz CT molecular complexity index is 639. The van der Waals surface area contributed by atoms with Gasteiger partial charge in [0.15, 0.2) is 0 Å². The summed E-state index contributed by atoms with van der Waals surface area (Å²) < 4.78 is 1.83. The van der Waals surface area contributed by atoms with Gasteiger partial charge in [-0.15, -0.1) is 0 Å². The Labute approximate surface area is 124 Å². The zero-order valence-corrected chi connectivity index (χ0v) is 12.0. The van der Waals surface area contributed by atoms with Gasteiger partial charge < -0.3 is 10.2 Å². The number of hydrogen-bond donors (Lipinski definition) is 1. The molecule has 1 fully saturated rings. The Morgan fingerprint density at radius 1 is 1.38 bits per heavy atom. The van der Waals surface area contributed by atoms with Gasteiger partial charge in [0.05, 0.1) is 17.4 Å². The lowest BCUT2D eigenvalue weighted by Crippen LogP contribution is -2.42. The van der Waals surface area contributed by atoms with E-state index in [4.69, 9.17) is 5.26 Å². The van der Waals surface area contributed by atoms with Crippen LogP contribution in [0, 0.1) is 11.3 Å². The first kappa shape index (κ1) is 13.4. The lowest BCUT2D eigenvalue weighted by Gasteiger charge is -2.34. The van der Waals surface area contributed by atoms with E-state index >= 15 is 0 Å². The van der Waals surface area contributed by atoms with E-state index in [0.717, 1.165) is 37.4 Å². The quantitative estimate of drug-likeness (QED) is 0.929. The van der Waals surface area contributed by atoms with Crippen LogP contribution in [-0.4, -0.2) is 33.9 Å². The summed E-state index contributed by atoms with van der Waals surface area (Å²) in [5, 5.41) is 16.5. The minimum Gasteiger partial charge on any atom is -0.367 e. The summed E-state index contributed by atoms with van der Waals surface area (Å²) in [6.07, 6.45) is 7.82. The third kappa shape index (κ3) is 3.14. The second-order valence-corrected chi connectivity index (χ2v) is 5.35. The minimum absolute atomic E-state index is 0.361. The Kier molecular flexibility index (Phi) is 3.73. The fourth-order valence-corrected chi connectivity index (χ4v) is 2.66. The molecule has 3 heterocycles. The molecule has 6 nitrogen and oxygen atoms in total. The number of anilines is 2. The van der Waals surface area contributed by atoms with Crippen LogP contribution in [0.1, 0.15) is 18.4 Å². The molecule has 2 aromatic heterocycles. The van der Waals surface area contributed by atoms with Gasteiger partial charge in [-0.3, -0.25) is 4.68 Å². The first-order valence-electron chi connectivity index (χ1n) is 7.11. The molecule has 0 aliphatic carbocycles. The van der Waals surface area contributed by atoms with Crippen molar-refractivity contribution in [3.63, 3.8) is 0 Å². The molecule has 0 amide bonds. The van der Waals surface area contributed by atoms with Crippen LogP contribution >= 0.6 is 0 Å². The van der Waals surface area contributed by atoms with Gasteiger partial charge in [0.2, 0.25) is 0 Å². The molecule has 0 radical (unpaired) electrons. The van der Waals surface area contributed by atoms with E-state index < -0.39 is 0 Å². The Hall–Kier alpha value is -2.55. The number of aromatic nitrogens is 3. The number of aryl methyl sites for hydroxylation is 1. The first-order valence-corrected chi connectivity index (χ1v) is 7.11. The van der Waals surface area contributed by atoms with Crippen LogP contribution in [0.5, 0.6) is 0 Å². The van der Waals surface area contributed by atoms with Crippen molar-refractivity contribution >= 4 is 11.5 Å². The molecule has 6 heteroatoms. The van der Waals surface area contributed by atoms with E-state index in [2.05, 4.69) is 26.4 Å². The molecule has 0 spiro atoms. The molecule has 0 aromatic carbocycles. The highest BCUT2D eigenvalue weighted by atomic mass is 15.3. The Morgan fingerprint density at radius 2 is 2.29 bits per heavy atom.